The van der Waals surface area contributed by atoms with Gasteiger partial charge in [0.15, 0.2) is 12.3 Å². The van der Waals surface area contributed by atoms with Crippen molar-refractivity contribution >= 4 is 0 Å². The van der Waals surface area contributed by atoms with Crippen LogP contribution in [0.1, 0.15) is 13.8 Å². The highest BCUT2D eigenvalue weighted by atomic mass is 19.2. The molecule has 1 N–H and O–H groups in total. The molecule has 0 aromatic heterocycles. The minimum atomic E-state index is -1.73. The van der Waals surface area contributed by atoms with E-state index >= 15 is 0 Å². The molecule has 0 aromatic carbocycles. The summed E-state index contributed by atoms with van der Waals surface area (Å²) in [6, 6.07) is 0. The number of allylic oxidation sites excluding steroid dienone is 5. The summed E-state index contributed by atoms with van der Waals surface area (Å²) in [4.78, 5) is 0. The van der Waals surface area contributed by atoms with Crippen LogP contribution < -0.4 is 0 Å². The van der Waals surface area contributed by atoms with Crippen molar-refractivity contribution in [2.75, 3.05) is 0 Å². The Bertz CT molecular complexity index is 289. The van der Waals surface area contributed by atoms with Crippen molar-refractivity contribution < 1.29 is 13.9 Å². The zero-order valence-electron chi connectivity index (χ0n) is 7.59. The molecule has 13 heavy (non-hydrogen) atoms. The van der Waals surface area contributed by atoms with Crippen molar-refractivity contribution in [1.29, 1.82) is 0 Å². The predicted octanol–water partition coefficient (Wildman–Crippen LogP) is 3.01. The molecule has 0 fully saturated rings. The van der Waals surface area contributed by atoms with Crippen LogP contribution in [0.2, 0.25) is 0 Å². The van der Waals surface area contributed by atoms with Crippen molar-refractivity contribution in [3.05, 3.63) is 35.1 Å². The second kappa shape index (κ2) is 3.73. The lowest BCUT2D eigenvalue weighted by molar-refractivity contribution is 0.243. The Kier molecular flexibility index (Phi) is 2.86. The van der Waals surface area contributed by atoms with Crippen molar-refractivity contribution in [3.63, 3.8) is 0 Å². The highest BCUT2D eigenvalue weighted by Crippen LogP contribution is 2.35. The molecule has 1 nitrogen and oxygen atoms in total. The van der Waals surface area contributed by atoms with E-state index in [1.165, 1.54) is 12.2 Å². The topological polar surface area (TPSA) is 20.2 Å². The van der Waals surface area contributed by atoms with Crippen LogP contribution in [-0.2, 0) is 0 Å². The predicted molar refractivity (Wildman–Crippen MR) is 48.0 cm³/mol. The fraction of sp³-hybridized carbons (Fsp3) is 0.400. The molecular weight excluding hydrogens is 174 g/mol. The first-order valence-electron chi connectivity index (χ1n) is 4.14. The van der Waals surface area contributed by atoms with Gasteiger partial charge in [-0.25, -0.2) is 8.78 Å². The number of halogens is 2. The van der Waals surface area contributed by atoms with Crippen LogP contribution in [0.3, 0.4) is 0 Å². The lowest BCUT2D eigenvalue weighted by Gasteiger charge is -2.03. The third-order valence-corrected chi connectivity index (χ3v) is 2.06. The maximum absolute atomic E-state index is 13.2. The van der Waals surface area contributed by atoms with Crippen molar-refractivity contribution in [3.8, 4) is 0 Å². The number of aliphatic hydroxyl groups excluding tert-OH is 1. The molecular formula is C10H12F2O. The summed E-state index contributed by atoms with van der Waals surface area (Å²) in [5, 5.41) is 9.40. The van der Waals surface area contributed by atoms with Gasteiger partial charge in [-0.05, 0) is 13.8 Å². The highest BCUT2D eigenvalue weighted by molar-refractivity contribution is 5.48. The van der Waals surface area contributed by atoms with Crippen LogP contribution in [-0.4, -0.2) is 17.4 Å². The van der Waals surface area contributed by atoms with Gasteiger partial charge in [0.1, 0.15) is 5.76 Å². The number of hydrogen-bond donors (Lipinski definition) is 1. The zero-order valence-corrected chi connectivity index (χ0v) is 7.59. The summed E-state index contributed by atoms with van der Waals surface area (Å²) in [6.45, 7) is 3.26. The Balaban J connectivity index is 3.12. The Morgan fingerprint density at radius 3 is 2.23 bits per heavy atom. The van der Waals surface area contributed by atoms with Crippen LogP contribution in [0.5, 0.6) is 0 Å². The molecule has 0 bridgehead atoms. The van der Waals surface area contributed by atoms with E-state index < -0.39 is 12.3 Å². The summed E-state index contributed by atoms with van der Waals surface area (Å²) >= 11 is 0. The molecule has 0 amide bonds. The number of hydrogen-bond acceptors (Lipinski definition) is 1. The SMILES string of the molecule is C/C=C1C(O)=C(/C=C/C)C(F)C/1F. The first-order chi connectivity index (χ1) is 6.13. The lowest BCUT2D eigenvalue weighted by atomic mass is 10.1. The van der Waals surface area contributed by atoms with Gasteiger partial charge in [0, 0.05) is 11.1 Å². The van der Waals surface area contributed by atoms with Gasteiger partial charge in [-0.15, -0.1) is 0 Å². The van der Waals surface area contributed by atoms with Crippen molar-refractivity contribution in [1.82, 2.24) is 0 Å². The minimum Gasteiger partial charge on any atom is -0.507 e. The van der Waals surface area contributed by atoms with E-state index in [0.29, 0.717) is 0 Å². The average Bonchev–Trinajstić information content (AvgIpc) is 2.31. The molecule has 3 heteroatoms. The number of aliphatic hydroxyl groups is 1. The smallest absolute Gasteiger partial charge is 0.164 e. The molecule has 1 aliphatic carbocycles. The quantitative estimate of drug-likeness (QED) is 0.667. The van der Waals surface area contributed by atoms with Crippen molar-refractivity contribution in [2.24, 2.45) is 0 Å². The van der Waals surface area contributed by atoms with E-state index in [1.807, 2.05) is 0 Å². The maximum atomic E-state index is 13.2. The van der Waals surface area contributed by atoms with Crippen LogP contribution in [0.4, 0.5) is 8.78 Å². The van der Waals surface area contributed by atoms with E-state index in [2.05, 4.69) is 0 Å². The summed E-state index contributed by atoms with van der Waals surface area (Å²) in [7, 11) is 0. The third-order valence-electron chi connectivity index (χ3n) is 2.06. The molecule has 0 saturated carbocycles. The van der Waals surface area contributed by atoms with E-state index in [0.717, 1.165) is 0 Å². The number of rotatable bonds is 1. The van der Waals surface area contributed by atoms with Gasteiger partial charge in [0.05, 0.1) is 0 Å². The highest BCUT2D eigenvalue weighted by Gasteiger charge is 2.37. The Hall–Kier alpha value is -1.12. The average molecular weight is 186 g/mol. The molecule has 0 heterocycles. The molecule has 1 rings (SSSR count). The van der Waals surface area contributed by atoms with Gasteiger partial charge in [-0.1, -0.05) is 18.2 Å². The maximum Gasteiger partial charge on any atom is 0.164 e. The van der Waals surface area contributed by atoms with Gasteiger partial charge in [0.25, 0.3) is 0 Å². The minimum absolute atomic E-state index is 0.0306. The second-order valence-electron chi connectivity index (χ2n) is 2.85. The fourth-order valence-corrected chi connectivity index (χ4v) is 1.39. The Morgan fingerprint density at radius 2 is 1.85 bits per heavy atom. The van der Waals surface area contributed by atoms with E-state index in [4.69, 9.17) is 0 Å². The molecule has 1 aliphatic rings. The van der Waals surface area contributed by atoms with E-state index in [1.54, 1.807) is 19.9 Å². The Labute approximate surface area is 76.1 Å². The largest absolute Gasteiger partial charge is 0.507 e. The molecule has 72 valence electrons. The van der Waals surface area contributed by atoms with Crippen LogP contribution >= 0.6 is 0 Å². The van der Waals surface area contributed by atoms with Gasteiger partial charge in [0.2, 0.25) is 0 Å². The van der Waals surface area contributed by atoms with Crippen LogP contribution in [0.25, 0.3) is 0 Å². The molecule has 0 aromatic rings. The molecule has 0 spiro atoms. The summed E-state index contributed by atoms with van der Waals surface area (Å²) in [6.07, 6.45) is 0.897. The molecule has 0 saturated heterocycles. The first-order valence-corrected chi connectivity index (χ1v) is 4.14. The standard InChI is InChI=1S/C10H12F2O/c1-3-5-7-9(12)8(11)6(4-2)10(7)13/h3-5,8-9,13H,1-2H3/b5-3+,6-4+. The van der Waals surface area contributed by atoms with Gasteiger partial charge >= 0.3 is 0 Å². The van der Waals surface area contributed by atoms with Gasteiger partial charge in [-0.2, -0.15) is 0 Å². The van der Waals surface area contributed by atoms with Crippen molar-refractivity contribution in [2.45, 2.75) is 26.2 Å². The Morgan fingerprint density at radius 1 is 1.23 bits per heavy atom. The lowest BCUT2D eigenvalue weighted by Crippen LogP contribution is -2.13. The molecule has 2 unspecified atom stereocenters. The third kappa shape index (κ3) is 1.50. The second-order valence-corrected chi connectivity index (χ2v) is 2.85. The van der Waals surface area contributed by atoms with Crippen LogP contribution in [0.15, 0.2) is 35.1 Å². The van der Waals surface area contributed by atoms with E-state index in [9.17, 15) is 13.9 Å². The normalized spacial score (nSPS) is 32.5. The van der Waals surface area contributed by atoms with Gasteiger partial charge < -0.3 is 5.11 Å². The first kappa shape index (κ1) is 9.96. The fourth-order valence-electron chi connectivity index (χ4n) is 1.39. The summed E-state index contributed by atoms with van der Waals surface area (Å²) in [5.74, 6) is -0.263. The molecule has 2 atom stereocenters. The number of alkyl halides is 2. The van der Waals surface area contributed by atoms with Crippen LogP contribution in [0, 0.1) is 0 Å². The molecule has 0 radical (unpaired) electrons. The molecule has 0 aliphatic heterocycles. The monoisotopic (exact) mass is 186 g/mol. The summed E-state index contributed by atoms with van der Waals surface area (Å²) in [5.41, 5.74) is 0.0729. The van der Waals surface area contributed by atoms with Gasteiger partial charge in [-0.3, -0.25) is 0 Å². The summed E-state index contributed by atoms with van der Waals surface area (Å²) < 4.78 is 26.3. The van der Waals surface area contributed by atoms with E-state index in [-0.39, 0.29) is 16.9 Å². The zero-order chi connectivity index (χ0) is 10.0.